The molecular formula is C13H10BrF2N. The average Bonchev–Trinajstić information content (AvgIpc) is 2.32. The molecule has 88 valence electrons. The van der Waals surface area contributed by atoms with Crippen LogP contribution in [0.4, 0.5) is 8.78 Å². The molecule has 0 amide bonds. The summed E-state index contributed by atoms with van der Waals surface area (Å²) in [4.78, 5) is 0. The minimum Gasteiger partial charge on any atom is -0.320 e. The highest BCUT2D eigenvalue weighted by atomic mass is 79.9. The van der Waals surface area contributed by atoms with E-state index in [1.165, 1.54) is 6.07 Å². The van der Waals surface area contributed by atoms with Gasteiger partial charge in [0, 0.05) is 4.47 Å². The number of hydrogen-bond donors (Lipinski definition) is 1. The van der Waals surface area contributed by atoms with E-state index in [1.807, 2.05) is 24.3 Å². The van der Waals surface area contributed by atoms with Crippen LogP contribution in [-0.4, -0.2) is 0 Å². The number of halogens is 3. The van der Waals surface area contributed by atoms with Gasteiger partial charge in [-0.05, 0) is 29.3 Å². The zero-order chi connectivity index (χ0) is 12.4. The second kappa shape index (κ2) is 4.94. The van der Waals surface area contributed by atoms with Crippen LogP contribution < -0.4 is 5.73 Å². The molecule has 0 heterocycles. The van der Waals surface area contributed by atoms with Crippen molar-refractivity contribution in [3.05, 3.63) is 69.7 Å². The van der Waals surface area contributed by atoms with E-state index in [9.17, 15) is 8.78 Å². The van der Waals surface area contributed by atoms with Gasteiger partial charge in [0.25, 0.3) is 0 Å². The van der Waals surface area contributed by atoms with Crippen molar-refractivity contribution in [2.75, 3.05) is 0 Å². The highest BCUT2D eigenvalue weighted by Crippen LogP contribution is 2.27. The number of hydrogen-bond acceptors (Lipinski definition) is 1. The van der Waals surface area contributed by atoms with Crippen LogP contribution in [0.5, 0.6) is 0 Å². The molecule has 17 heavy (non-hydrogen) atoms. The van der Waals surface area contributed by atoms with Gasteiger partial charge in [-0.3, -0.25) is 0 Å². The lowest BCUT2D eigenvalue weighted by Gasteiger charge is -2.14. The Morgan fingerprint density at radius 3 is 2.35 bits per heavy atom. The quantitative estimate of drug-likeness (QED) is 0.897. The van der Waals surface area contributed by atoms with Gasteiger partial charge in [-0.2, -0.15) is 0 Å². The van der Waals surface area contributed by atoms with E-state index >= 15 is 0 Å². The second-order valence-electron chi connectivity index (χ2n) is 3.67. The summed E-state index contributed by atoms with van der Waals surface area (Å²) in [7, 11) is 0. The summed E-state index contributed by atoms with van der Waals surface area (Å²) in [5.41, 5.74) is 7.39. The lowest BCUT2D eigenvalue weighted by atomic mass is 9.99. The van der Waals surface area contributed by atoms with Crippen molar-refractivity contribution >= 4 is 15.9 Å². The van der Waals surface area contributed by atoms with E-state index in [2.05, 4.69) is 15.9 Å². The number of nitrogens with two attached hydrogens (primary N) is 1. The molecule has 0 aliphatic rings. The topological polar surface area (TPSA) is 26.0 Å². The molecule has 0 saturated heterocycles. The van der Waals surface area contributed by atoms with Crippen molar-refractivity contribution in [2.24, 2.45) is 5.73 Å². The van der Waals surface area contributed by atoms with E-state index in [1.54, 1.807) is 0 Å². The fourth-order valence-corrected chi connectivity index (χ4v) is 2.14. The summed E-state index contributed by atoms with van der Waals surface area (Å²) in [5, 5.41) is 0. The van der Waals surface area contributed by atoms with Crippen molar-refractivity contribution in [3.63, 3.8) is 0 Å². The Labute approximate surface area is 106 Å². The molecule has 1 atom stereocenters. The van der Waals surface area contributed by atoms with Crippen LogP contribution in [0.1, 0.15) is 17.2 Å². The largest absolute Gasteiger partial charge is 0.320 e. The van der Waals surface area contributed by atoms with Gasteiger partial charge in [0.15, 0.2) is 11.6 Å². The average molecular weight is 298 g/mol. The van der Waals surface area contributed by atoms with E-state index in [0.29, 0.717) is 5.56 Å². The van der Waals surface area contributed by atoms with Crippen molar-refractivity contribution in [1.29, 1.82) is 0 Å². The molecule has 2 N–H and O–H groups in total. The van der Waals surface area contributed by atoms with Crippen molar-refractivity contribution < 1.29 is 8.78 Å². The number of rotatable bonds is 2. The fraction of sp³-hybridized carbons (Fsp3) is 0.0769. The van der Waals surface area contributed by atoms with E-state index in [0.717, 1.165) is 22.2 Å². The zero-order valence-corrected chi connectivity index (χ0v) is 10.4. The molecule has 1 nitrogen and oxygen atoms in total. The van der Waals surface area contributed by atoms with Gasteiger partial charge in [0.2, 0.25) is 0 Å². The number of benzene rings is 2. The second-order valence-corrected chi connectivity index (χ2v) is 4.53. The molecule has 0 radical (unpaired) electrons. The van der Waals surface area contributed by atoms with Crippen LogP contribution in [0.3, 0.4) is 0 Å². The molecule has 2 rings (SSSR count). The summed E-state index contributed by atoms with van der Waals surface area (Å²) < 4.78 is 26.8. The predicted molar refractivity (Wildman–Crippen MR) is 66.5 cm³/mol. The SMILES string of the molecule is NC(c1ccc(F)c(F)c1)c1ccccc1Br. The van der Waals surface area contributed by atoms with E-state index < -0.39 is 17.7 Å². The van der Waals surface area contributed by atoms with Crippen molar-refractivity contribution in [2.45, 2.75) is 6.04 Å². The van der Waals surface area contributed by atoms with Crippen LogP contribution in [-0.2, 0) is 0 Å². The maximum absolute atomic E-state index is 13.1. The molecule has 0 aliphatic carbocycles. The summed E-state index contributed by atoms with van der Waals surface area (Å²) in [5.74, 6) is -1.75. The van der Waals surface area contributed by atoms with E-state index in [4.69, 9.17) is 5.73 Å². The first-order chi connectivity index (χ1) is 8.09. The highest BCUT2D eigenvalue weighted by molar-refractivity contribution is 9.10. The Bertz CT molecular complexity index is 543. The van der Waals surface area contributed by atoms with Gasteiger partial charge in [0.05, 0.1) is 6.04 Å². The molecular weight excluding hydrogens is 288 g/mol. The molecule has 0 spiro atoms. The third-order valence-corrected chi connectivity index (χ3v) is 3.27. The van der Waals surface area contributed by atoms with Crippen molar-refractivity contribution in [3.8, 4) is 0 Å². The van der Waals surface area contributed by atoms with E-state index in [-0.39, 0.29) is 0 Å². The first-order valence-corrected chi connectivity index (χ1v) is 5.84. The molecule has 0 aromatic heterocycles. The summed E-state index contributed by atoms with van der Waals surface area (Å²) >= 11 is 3.38. The highest BCUT2D eigenvalue weighted by Gasteiger charge is 2.13. The van der Waals surface area contributed by atoms with Crippen LogP contribution in [0.2, 0.25) is 0 Å². The first kappa shape index (κ1) is 12.2. The maximum atomic E-state index is 13.1. The first-order valence-electron chi connectivity index (χ1n) is 5.04. The summed E-state index contributed by atoms with van der Waals surface area (Å²) in [6.07, 6.45) is 0. The third kappa shape index (κ3) is 2.53. The minimum atomic E-state index is -0.884. The molecule has 0 saturated carbocycles. The summed E-state index contributed by atoms with van der Waals surface area (Å²) in [6.45, 7) is 0. The Morgan fingerprint density at radius 2 is 1.71 bits per heavy atom. The Kier molecular flexibility index (Phi) is 3.54. The molecule has 1 unspecified atom stereocenters. The third-order valence-electron chi connectivity index (χ3n) is 2.54. The lowest BCUT2D eigenvalue weighted by Crippen LogP contribution is -2.12. The molecule has 0 bridgehead atoms. The lowest BCUT2D eigenvalue weighted by molar-refractivity contribution is 0.506. The zero-order valence-electron chi connectivity index (χ0n) is 8.83. The van der Waals surface area contributed by atoms with Crippen LogP contribution in [0.25, 0.3) is 0 Å². The smallest absolute Gasteiger partial charge is 0.159 e. The standard InChI is InChI=1S/C13H10BrF2N/c14-10-4-2-1-3-9(10)13(17)8-5-6-11(15)12(16)7-8/h1-7,13H,17H2. The normalized spacial score (nSPS) is 12.5. The van der Waals surface area contributed by atoms with Gasteiger partial charge in [-0.15, -0.1) is 0 Å². The minimum absolute atomic E-state index is 0.485. The monoisotopic (exact) mass is 297 g/mol. The predicted octanol–water partition coefficient (Wildman–Crippen LogP) is 3.78. The van der Waals surface area contributed by atoms with Gasteiger partial charge in [-0.25, -0.2) is 8.78 Å². The molecule has 0 aliphatic heterocycles. The molecule has 2 aromatic carbocycles. The van der Waals surface area contributed by atoms with Gasteiger partial charge in [-0.1, -0.05) is 40.2 Å². The van der Waals surface area contributed by atoms with Gasteiger partial charge in [0.1, 0.15) is 0 Å². The van der Waals surface area contributed by atoms with Crippen molar-refractivity contribution in [1.82, 2.24) is 0 Å². The summed E-state index contributed by atoms with van der Waals surface area (Å²) in [6, 6.07) is 10.6. The van der Waals surface area contributed by atoms with Crippen LogP contribution in [0, 0.1) is 11.6 Å². The molecule has 0 fully saturated rings. The van der Waals surface area contributed by atoms with Crippen LogP contribution >= 0.6 is 15.9 Å². The molecule has 4 heteroatoms. The Morgan fingerprint density at radius 1 is 1.00 bits per heavy atom. The fourth-order valence-electron chi connectivity index (χ4n) is 1.61. The van der Waals surface area contributed by atoms with Crippen LogP contribution in [0.15, 0.2) is 46.9 Å². The molecule has 2 aromatic rings. The Hall–Kier alpha value is -1.26. The maximum Gasteiger partial charge on any atom is 0.159 e. The Balaban J connectivity index is 2.40. The van der Waals surface area contributed by atoms with Gasteiger partial charge >= 0.3 is 0 Å². The van der Waals surface area contributed by atoms with Gasteiger partial charge < -0.3 is 5.73 Å².